The number of carbonyl (C=O) groups is 1. The molecule has 0 aliphatic carbocycles. The molecule has 0 aliphatic rings. The third kappa shape index (κ3) is 4.58. The number of anilines is 1. The number of halogens is 2. The van der Waals surface area contributed by atoms with E-state index in [9.17, 15) is 9.18 Å². The molecule has 0 saturated carbocycles. The second-order valence-corrected chi connectivity index (χ2v) is 8.62. The summed E-state index contributed by atoms with van der Waals surface area (Å²) in [7, 11) is 1.78. The summed E-state index contributed by atoms with van der Waals surface area (Å²) in [5.74, 6) is -1.04. The summed E-state index contributed by atoms with van der Waals surface area (Å²) < 4.78 is 15.5. The van der Waals surface area contributed by atoms with Crippen molar-refractivity contribution in [2.45, 2.75) is 13.0 Å². The molecule has 4 heterocycles. The van der Waals surface area contributed by atoms with Crippen LogP contribution in [0.15, 0.2) is 61.1 Å². The number of pyridine rings is 2. The van der Waals surface area contributed by atoms with Crippen molar-refractivity contribution in [2.75, 3.05) is 5.73 Å². The average molecular weight is 503 g/mol. The average Bonchev–Trinajstić information content (AvgIpc) is 3.29. The van der Waals surface area contributed by atoms with Gasteiger partial charge in [0.05, 0.1) is 34.2 Å². The summed E-state index contributed by atoms with van der Waals surface area (Å²) in [6.45, 7) is 1.78. The fourth-order valence-electron chi connectivity index (χ4n) is 3.77. The molecule has 0 fully saturated rings. The number of aryl methyl sites for hydroxylation is 1. The van der Waals surface area contributed by atoms with Crippen molar-refractivity contribution >= 4 is 34.2 Å². The monoisotopic (exact) mass is 502 g/mol. The fourth-order valence-corrected chi connectivity index (χ4v) is 3.88. The van der Waals surface area contributed by atoms with Crippen LogP contribution in [0.4, 0.5) is 10.2 Å². The van der Waals surface area contributed by atoms with Gasteiger partial charge >= 0.3 is 0 Å². The highest BCUT2D eigenvalue weighted by Crippen LogP contribution is 2.32. The first kappa shape index (κ1) is 23.3. The summed E-state index contributed by atoms with van der Waals surface area (Å²) in [5, 5.41) is 8.34. The number of nitrogens with one attached hydrogen (secondary N) is 1. The smallest absolute Gasteiger partial charge is 0.274 e. The van der Waals surface area contributed by atoms with E-state index < -0.39 is 17.8 Å². The van der Waals surface area contributed by atoms with Gasteiger partial charge in [-0.15, -0.1) is 0 Å². The second kappa shape index (κ2) is 9.31. The number of amides is 1. The molecule has 5 rings (SSSR count). The van der Waals surface area contributed by atoms with E-state index >= 15 is 0 Å². The topological polar surface area (TPSA) is 124 Å². The Labute approximate surface area is 210 Å². The van der Waals surface area contributed by atoms with Crippen molar-refractivity contribution in [3.63, 3.8) is 0 Å². The standard InChI is InChI=1S/C25H20ClFN8O/c1-13(18-6-4-16(26)11-29-18)31-25(36)23-24(28)33-22(20-7-8-35(2)34-20)21(32-23)14-3-5-19-15(9-14)10-17(27)12-30-19/h3-13H,1-2H3,(H2,28,33)(H,31,36)/t13-/m1/s1. The summed E-state index contributed by atoms with van der Waals surface area (Å²) in [5.41, 5.74) is 9.26. The Morgan fingerprint density at radius 3 is 2.64 bits per heavy atom. The van der Waals surface area contributed by atoms with Crippen molar-refractivity contribution in [3.8, 4) is 22.6 Å². The van der Waals surface area contributed by atoms with Gasteiger partial charge in [0.2, 0.25) is 0 Å². The zero-order valence-electron chi connectivity index (χ0n) is 19.3. The van der Waals surface area contributed by atoms with E-state index in [1.165, 1.54) is 12.3 Å². The zero-order valence-corrected chi connectivity index (χ0v) is 20.0. The Bertz CT molecular complexity index is 1600. The lowest BCUT2D eigenvalue weighted by Crippen LogP contribution is -2.29. The molecular weight excluding hydrogens is 483 g/mol. The van der Waals surface area contributed by atoms with Crippen LogP contribution >= 0.6 is 11.6 Å². The second-order valence-electron chi connectivity index (χ2n) is 8.19. The number of benzene rings is 1. The van der Waals surface area contributed by atoms with Crippen LogP contribution in [0.2, 0.25) is 5.02 Å². The number of hydrogen-bond acceptors (Lipinski definition) is 7. The minimum Gasteiger partial charge on any atom is -0.382 e. The van der Waals surface area contributed by atoms with Gasteiger partial charge in [0, 0.05) is 30.4 Å². The number of fused-ring (bicyclic) bond motifs is 1. The van der Waals surface area contributed by atoms with Crippen molar-refractivity contribution in [1.82, 2.24) is 35.0 Å². The van der Waals surface area contributed by atoms with E-state index in [0.717, 1.165) is 6.20 Å². The number of hydrogen-bond donors (Lipinski definition) is 2. The number of aromatic nitrogens is 6. The van der Waals surface area contributed by atoms with Crippen molar-refractivity contribution in [2.24, 2.45) is 7.05 Å². The molecule has 180 valence electrons. The largest absolute Gasteiger partial charge is 0.382 e. The van der Waals surface area contributed by atoms with Gasteiger partial charge in [-0.05, 0) is 43.3 Å². The quantitative estimate of drug-likeness (QED) is 0.366. The number of rotatable bonds is 5. The molecule has 3 N–H and O–H groups in total. The Hall–Kier alpha value is -4.44. The lowest BCUT2D eigenvalue weighted by molar-refractivity contribution is 0.0935. The van der Waals surface area contributed by atoms with Crippen LogP contribution in [0.3, 0.4) is 0 Å². The first-order chi connectivity index (χ1) is 17.3. The van der Waals surface area contributed by atoms with Crippen LogP contribution in [0, 0.1) is 5.82 Å². The van der Waals surface area contributed by atoms with E-state index in [1.807, 2.05) is 0 Å². The highest BCUT2D eigenvalue weighted by Gasteiger charge is 2.23. The first-order valence-corrected chi connectivity index (χ1v) is 11.3. The summed E-state index contributed by atoms with van der Waals surface area (Å²) in [6.07, 6.45) is 4.42. The van der Waals surface area contributed by atoms with E-state index in [4.69, 9.17) is 17.3 Å². The SMILES string of the molecule is C[C@@H](NC(=O)c1nc(-c2ccc3ncc(F)cc3c2)c(-c2ccn(C)n2)nc1N)c1ccc(Cl)cn1. The third-order valence-corrected chi connectivity index (χ3v) is 5.78. The van der Waals surface area contributed by atoms with E-state index in [1.54, 1.807) is 61.2 Å². The molecule has 0 saturated heterocycles. The lowest BCUT2D eigenvalue weighted by Gasteiger charge is -2.15. The van der Waals surface area contributed by atoms with Crippen molar-refractivity contribution in [3.05, 3.63) is 83.3 Å². The Balaban J connectivity index is 1.59. The maximum absolute atomic E-state index is 13.8. The first-order valence-electron chi connectivity index (χ1n) is 10.9. The molecule has 0 unspecified atom stereocenters. The van der Waals surface area contributed by atoms with Crippen LogP contribution in [-0.2, 0) is 7.05 Å². The number of carbonyl (C=O) groups excluding carboxylic acids is 1. The molecule has 36 heavy (non-hydrogen) atoms. The van der Waals surface area contributed by atoms with Crippen molar-refractivity contribution < 1.29 is 9.18 Å². The summed E-state index contributed by atoms with van der Waals surface area (Å²) in [6, 6.07) is 11.4. The molecule has 4 aromatic heterocycles. The Morgan fingerprint density at radius 1 is 1.08 bits per heavy atom. The van der Waals surface area contributed by atoms with E-state index in [0.29, 0.717) is 44.3 Å². The molecule has 9 nitrogen and oxygen atoms in total. The van der Waals surface area contributed by atoms with Gasteiger partial charge in [-0.1, -0.05) is 17.7 Å². The molecule has 0 radical (unpaired) electrons. The fraction of sp³-hybridized carbons (Fsp3) is 0.120. The van der Waals surface area contributed by atoms with Gasteiger partial charge in [0.25, 0.3) is 5.91 Å². The molecule has 1 amide bonds. The van der Waals surface area contributed by atoms with Crippen LogP contribution in [0.1, 0.15) is 29.1 Å². The van der Waals surface area contributed by atoms with Crippen LogP contribution < -0.4 is 11.1 Å². The normalized spacial score (nSPS) is 12.0. The minimum atomic E-state index is -0.522. The number of nitrogen functional groups attached to an aromatic ring is 1. The predicted octanol–water partition coefficient (Wildman–Crippen LogP) is 4.35. The summed E-state index contributed by atoms with van der Waals surface area (Å²) >= 11 is 5.91. The summed E-state index contributed by atoms with van der Waals surface area (Å²) in [4.78, 5) is 30.6. The van der Waals surface area contributed by atoms with Crippen LogP contribution in [0.25, 0.3) is 33.5 Å². The molecule has 5 aromatic rings. The van der Waals surface area contributed by atoms with Gasteiger partial charge in [-0.25, -0.2) is 14.4 Å². The van der Waals surface area contributed by atoms with Gasteiger partial charge in [-0.2, -0.15) is 5.10 Å². The molecule has 0 aliphatic heterocycles. The Morgan fingerprint density at radius 2 is 1.92 bits per heavy atom. The number of nitrogens with zero attached hydrogens (tertiary/aromatic N) is 6. The molecule has 0 spiro atoms. The van der Waals surface area contributed by atoms with E-state index in [-0.39, 0.29) is 11.5 Å². The number of nitrogens with two attached hydrogens (primary N) is 1. The molecule has 11 heteroatoms. The Kier molecular flexibility index (Phi) is 6.03. The van der Waals surface area contributed by atoms with Gasteiger partial charge in [-0.3, -0.25) is 19.4 Å². The molecule has 0 bridgehead atoms. The zero-order chi connectivity index (χ0) is 25.4. The van der Waals surface area contributed by atoms with Gasteiger partial charge < -0.3 is 11.1 Å². The maximum Gasteiger partial charge on any atom is 0.274 e. The van der Waals surface area contributed by atoms with Gasteiger partial charge in [0.15, 0.2) is 11.5 Å². The van der Waals surface area contributed by atoms with Crippen molar-refractivity contribution in [1.29, 1.82) is 0 Å². The molecular formula is C25H20ClFN8O. The highest BCUT2D eigenvalue weighted by atomic mass is 35.5. The van der Waals surface area contributed by atoms with Gasteiger partial charge in [0.1, 0.15) is 17.2 Å². The predicted molar refractivity (Wildman–Crippen MR) is 134 cm³/mol. The maximum atomic E-state index is 13.8. The lowest BCUT2D eigenvalue weighted by atomic mass is 10.0. The highest BCUT2D eigenvalue weighted by molar-refractivity contribution is 6.30. The molecule has 1 atom stereocenters. The van der Waals surface area contributed by atoms with E-state index in [2.05, 4.69) is 30.4 Å². The third-order valence-electron chi connectivity index (χ3n) is 5.56. The minimum absolute atomic E-state index is 0.0528. The van der Waals surface area contributed by atoms with Crippen LogP contribution in [-0.4, -0.2) is 35.6 Å². The van der Waals surface area contributed by atoms with Crippen LogP contribution in [0.5, 0.6) is 0 Å². The molecule has 1 aromatic carbocycles.